The van der Waals surface area contributed by atoms with Crippen molar-refractivity contribution in [3.63, 3.8) is 0 Å². The standard InChI is InChI=1S/C29H32N4O3/c1-19-5-8-22(36-18-21-7-6-20-17-30-12-13-33(20)21)14-25(19)28(34)32-29(9-10-29)26-15-23(35-2)16-27-24(26)4-3-11-31-27/h3-6,8,11,14-16,21,30H,7,9-10,12-13,17-18H2,1-2H3,(H,32,34). The van der Waals surface area contributed by atoms with Gasteiger partial charge in [-0.25, -0.2) is 0 Å². The largest absolute Gasteiger partial charge is 0.497 e. The number of benzene rings is 2. The van der Waals surface area contributed by atoms with Gasteiger partial charge in [-0.1, -0.05) is 18.2 Å². The molecule has 7 heteroatoms. The molecule has 2 aromatic carbocycles. The molecule has 0 spiro atoms. The van der Waals surface area contributed by atoms with Crippen LogP contribution in [-0.2, 0) is 5.54 Å². The second-order valence-corrected chi connectivity index (χ2v) is 10.0. The van der Waals surface area contributed by atoms with E-state index in [0.717, 1.165) is 72.4 Å². The van der Waals surface area contributed by atoms with Crippen LogP contribution in [0, 0.1) is 6.92 Å². The van der Waals surface area contributed by atoms with Gasteiger partial charge < -0.3 is 25.0 Å². The zero-order valence-electron chi connectivity index (χ0n) is 20.8. The van der Waals surface area contributed by atoms with E-state index < -0.39 is 5.54 Å². The SMILES string of the molecule is COc1cc(C2(NC(=O)c3cc(OCC4CC=C5CNCCN54)ccc3C)CC2)c2cccnc2c1. The van der Waals surface area contributed by atoms with Crippen LogP contribution in [0.15, 0.2) is 60.4 Å². The Kier molecular flexibility index (Phi) is 5.80. The fourth-order valence-electron chi connectivity index (χ4n) is 5.49. The number of aromatic nitrogens is 1. The first-order chi connectivity index (χ1) is 17.6. The number of pyridine rings is 1. The van der Waals surface area contributed by atoms with Crippen molar-refractivity contribution in [2.24, 2.45) is 0 Å². The molecule has 1 aliphatic carbocycles. The van der Waals surface area contributed by atoms with Gasteiger partial charge in [-0.15, -0.1) is 0 Å². The zero-order valence-corrected chi connectivity index (χ0v) is 20.8. The van der Waals surface area contributed by atoms with Crippen molar-refractivity contribution in [2.45, 2.75) is 37.8 Å². The van der Waals surface area contributed by atoms with Crippen molar-refractivity contribution in [2.75, 3.05) is 33.4 Å². The Morgan fingerprint density at radius 2 is 2.11 bits per heavy atom. The first kappa shape index (κ1) is 22.9. The number of amides is 1. The number of rotatable bonds is 7. The van der Waals surface area contributed by atoms with Gasteiger partial charge in [0.2, 0.25) is 0 Å². The molecule has 3 aliphatic rings. The lowest BCUT2D eigenvalue weighted by molar-refractivity contribution is 0.0929. The predicted molar refractivity (Wildman–Crippen MR) is 139 cm³/mol. The van der Waals surface area contributed by atoms with Gasteiger partial charge in [-0.2, -0.15) is 0 Å². The highest BCUT2D eigenvalue weighted by Crippen LogP contribution is 2.49. The number of nitrogens with zero attached hydrogens (tertiary/aromatic N) is 2. The molecular formula is C29H32N4O3. The highest BCUT2D eigenvalue weighted by Gasteiger charge is 2.47. The number of hydrogen-bond acceptors (Lipinski definition) is 6. The molecule has 0 bridgehead atoms. The first-order valence-electron chi connectivity index (χ1n) is 12.7. The average Bonchev–Trinajstić information content (AvgIpc) is 3.57. The predicted octanol–water partition coefficient (Wildman–Crippen LogP) is 3.91. The molecule has 1 saturated carbocycles. The summed E-state index contributed by atoms with van der Waals surface area (Å²) in [5, 5.41) is 7.81. The normalized spacial score (nSPS) is 20.0. The highest BCUT2D eigenvalue weighted by molar-refractivity contribution is 5.97. The van der Waals surface area contributed by atoms with Crippen molar-refractivity contribution in [1.82, 2.24) is 20.5 Å². The van der Waals surface area contributed by atoms with E-state index in [1.54, 1.807) is 13.3 Å². The maximum absolute atomic E-state index is 13.5. The molecule has 36 heavy (non-hydrogen) atoms. The topological polar surface area (TPSA) is 75.7 Å². The van der Waals surface area contributed by atoms with Crippen LogP contribution in [-0.4, -0.2) is 55.2 Å². The van der Waals surface area contributed by atoms with E-state index in [2.05, 4.69) is 32.7 Å². The van der Waals surface area contributed by atoms with Crippen molar-refractivity contribution < 1.29 is 14.3 Å². The molecular weight excluding hydrogens is 452 g/mol. The third kappa shape index (κ3) is 4.17. The van der Waals surface area contributed by atoms with Crippen LogP contribution in [0.4, 0.5) is 0 Å². The maximum Gasteiger partial charge on any atom is 0.252 e. The lowest BCUT2D eigenvalue weighted by Gasteiger charge is -2.33. The molecule has 1 amide bonds. The Labute approximate surface area is 211 Å². The zero-order chi connectivity index (χ0) is 24.7. The van der Waals surface area contributed by atoms with E-state index in [0.29, 0.717) is 18.2 Å². The van der Waals surface area contributed by atoms with Crippen LogP contribution >= 0.6 is 0 Å². The monoisotopic (exact) mass is 484 g/mol. The van der Waals surface area contributed by atoms with E-state index in [1.165, 1.54) is 5.70 Å². The Balaban J connectivity index is 1.20. The number of aryl methyl sites for hydroxylation is 1. The summed E-state index contributed by atoms with van der Waals surface area (Å²) in [7, 11) is 1.66. The second-order valence-electron chi connectivity index (χ2n) is 10.0. The third-order valence-electron chi connectivity index (χ3n) is 7.72. The molecule has 3 aromatic rings. The fourth-order valence-corrected chi connectivity index (χ4v) is 5.49. The van der Waals surface area contributed by atoms with Gasteiger partial charge in [0.1, 0.15) is 18.1 Å². The summed E-state index contributed by atoms with van der Waals surface area (Å²) in [5.74, 6) is 1.40. The fraction of sp³-hybridized carbons (Fsp3) is 0.379. The van der Waals surface area contributed by atoms with E-state index in [9.17, 15) is 4.79 Å². The molecule has 3 heterocycles. The van der Waals surface area contributed by atoms with Gasteiger partial charge in [-0.3, -0.25) is 9.78 Å². The Hall–Kier alpha value is -3.58. The van der Waals surface area contributed by atoms with Crippen LogP contribution in [0.1, 0.15) is 40.7 Å². The van der Waals surface area contributed by atoms with Crippen molar-refractivity contribution in [1.29, 1.82) is 0 Å². The summed E-state index contributed by atoms with van der Waals surface area (Å²) in [6.45, 7) is 5.53. The molecule has 7 nitrogen and oxygen atoms in total. The number of hydrogen-bond donors (Lipinski definition) is 2. The molecule has 6 rings (SSSR count). The van der Waals surface area contributed by atoms with E-state index in [-0.39, 0.29) is 5.91 Å². The van der Waals surface area contributed by atoms with Crippen molar-refractivity contribution in [3.05, 3.63) is 77.1 Å². The first-order valence-corrected chi connectivity index (χ1v) is 12.7. The highest BCUT2D eigenvalue weighted by atomic mass is 16.5. The average molecular weight is 485 g/mol. The molecule has 1 atom stereocenters. The number of carbonyl (C=O) groups excluding carboxylic acids is 1. The van der Waals surface area contributed by atoms with Gasteiger partial charge in [-0.05, 0) is 61.6 Å². The summed E-state index contributed by atoms with van der Waals surface area (Å²) in [5.41, 5.74) is 4.46. The second kappa shape index (κ2) is 9.13. The number of ether oxygens (including phenoxy) is 2. The summed E-state index contributed by atoms with van der Waals surface area (Å²) >= 11 is 0. The lowest BCUT2D eigenvalue weighted by atomic mass is 9.97. The third-order valence-corrected chi connectivity index (χ3v) is 7.72. The summed E-state index contributed by atoms with van der Waals surface area (Å²) in [4.78, 5) is 20.5. The summed E-state index contributed by atoms with van der Waals surface area (Å²) in [6.07, 6.45) is 6.85. The van der Waals surface area contributed by atoms with E-state index in [1.807, 2.05) is 43.3 Å². The molecule has 2 N–H and O–H groups in total. The van der Waals surface area contributed by atoms with Crippen LogP contribution in [0.5, 0.6) is 11.5 Å². The van der Waals surface area contributed by atoms with Gasteiger partial charge >= 0.3 is 0 Å². The van der Waals surface area contributed by atoms with Gasteiger partial charge in [0.25, 0.3) is 5.91 Å². The number of piperazine rings is 1. The Bertz CT molecular complexity index is 1350. The van der Waals surface area contributed by atoms with Crippen molar-refractivity contribution in [3.8, 4) is 11.5 Å². The molecule has 186 valence electrons. The van der Waals surface area contributed by atoms with E-state index >= 15 is 0 Å². The lowest BCUT2D eigenvalue weighted by Crippen LogP contribution is -2.45. The van der Waals surface area contributed by atoms with Gasteiger partial charge in [0.05, 0.1) is 24.2 Å². The number of fused-ring (bicyclic) bond motifs is 2. The minimum Gasteiger partial charge on any atom is -0.497 e. The smallest absolute Gasteiger partial charge is 0.252 e. The summed E-state index contributed by atoms with van der Waals surface area (Å²) in [6, 6.07) is 14.1. The number of methoxy groups -OCH3 is 1. The molecule has 0 radical (unpaired) electrons. The van der Waals surface area contributed by atoms with Gasteiger partial charge in [0, 0.05) is 48.5 Å². The number of nitrogens with one attached hydrogen (secondary N) is 2. The van der Waals surface area contributed by atoms with Crippen LogP contribution in [0.25, 0.3) is 10.9 Å². The van der Waals surface area contributed by atoms with Gasteiger partial charge in [0.15, 0.2) is 0 Å². The van der Waals surface area contributed by atoms with Crippen LogP contribution in [0.2, 0.25) is 0 Å². The Morgan fingerprint density at radius 1 is 1.22 bits per heavy atom. The molecule has 1 aromatic heterocycles. The summed E-state index contributed by atoms with van der Waals surface area (Å²) < 4.78 is 11.7. The molecule has 2 fully saturated rings. The maximum atomic E-state index is 13.5. The molecule has 2 aliphatic heterocycles. The van der Waals surface area contributed by atoms with Crippen LogP contribution < -0.4 is 20.1 Å². The Morgan fingerprint density at radius 3 is 2.94 bits per heavy atom. The molecule has 1 unspecified atom stereocenters. The number of carbonyl (C=O) groups is 1. The van der Waals surface area contributed by atoms with E-state index in [4.69, 9.17) is 9.47 Å². The minimum atomic E-state index is -0.412. The molecule has 1 saturated heterocycles. The minimum absolute atomic E-state index is 0.0813. The quantitative estimate of drug-likeness (QED) is 0.530. The van der Waals surface area contributed by atoms with Crippen molar-refractivity contribution >= 4 is 16.8 Å². The van der Waals surface area contributed by atoms with Crippen LogP contribution in [0.3, 0.4) is 0 Å².